The van der Waals surface area contributed by atoms with Crippen molar-refractivity contribution in [2.75, 3.05) is 19.8 Å². The Kier molecular flexibility index (Phi) is 6.06. The van der Waals surface area contributed by atoms with Crippen molar-refractivity contribution >= 4 is 11.8 Å². The van der Waals surface area contributed by atoms with Gasteiger partial charge in [0, 0.05) is 6.54 Å². The third-order valence-corrected chi connectivity index (χ3v) is 3.38. The molecule has 2 rings (SSSR count). The van der Waals surface area contributed by atoms with E-state index in [4.69, 9.17) is 9.47 Å². The smallest absolute Gasteiger partial charge is 0.258 e. The third-order valence-electron chi connectivity index (χ3n) is 3.38. The van der Waals surface area contributed by atoms with Crippen molar-refractivity contribution in [3.63, 3.8) is 0 Å². The molecule has 1 aromatic rings. The molecule has 0 bridgehead atoms. The van der Waals surface area contributed by atoms with Gasteiger partial charge in [-0.3, -0.25) is 9.59 Å². The lowest BCUT2D eigenvalue weighted by atomic mass is 10.1. The van der Waals surface area contributed by atoms with Crippen molar-refractivity contribution < 1.29 is 19.1 Å². The summed E-state index contributed by atoms with van der Waals surface area (Å²) < 4.78 is 10.9. The second-order valence-electron chi connectivity index (χ2n) is 5.08. The molecule has 1 fully saturated rings. The number of nitrogens with one attached hydrogen (secondary N) is 2. The molecule has 22 heavy (non-hydrogen) atoms. The van der Waals surface area contributed by atoms with E-state index < -0.39 is 6.04 Å². The quantitative estimate of drug-likeness (QED) is 0.829. The Labute approximate surface area is 130 Å². The molecular formula is C16H22N2O4. The molecule has 1 saturated heterocycles. The fraction of sp³-hybridized carbons (Fsp3) is 0.500. The second kappa shape index (κ2) is 8.26. The Bertz CT molecular complexity index is 519. The topological polar surface area (TPSA) is 76.7 Å². The minimum Gasteiger partial charge on any atom is -0.490 e. The maximum atomic E-state index is 12.0. The Balaban J connectivity index is 1.86. The van der Waals surface area contributed by atoms with Crippen LogP contribution < -0.4 is 20.1 Å². The van der Waals surface area contributed by atoms with Crippen molar-refractivity contribution in [1.29, 1.82) is 0 Å². The van der Waals surface area contributed by atoms with Gasteiger partial charge in [-0.1, -0.05) is 12.1 Å². The molecule has 1 aliphatic heterocycles. The molecule has 0 saturated carbocycles. The number of amides is 2. The van der Waals surface area contributed by atoms with Crippen molar-refractivity contribution in [2.45, 2.75) is 32.2 Å². The van der Waals surface area contributed by atoms with Gasteiger partial charge in [-0.2, -0.15) is 0 Å². The highest BCUT2D eigenvalue weighted by molar-refractivity contribution is 5.88. The van der Waals surface area contributed by atoms with Gasteiger partial charge in [-0.05, 0) is 38.3 Å². The summed E-state index contributed by atoms with van der Waals surface area (Å²) in [6.45, 7) is 2.93. The van der Waals surface area contributed by atoms with Crippen LogP contribution >= 0.6 is 0 Å². The van der Waals surface area contributed by atoms with Gasteiger partial charge in [0.1, 0.15) is 6.04 Å². The van der Waals surface area contributed by atoms with Crippen LogP contribution in [0.4, 0.5) is 0 Å². The summed E-state index contributed by atoms with van der Waals surface area (Å²) in [6, 6.07) is 6.72. The van der Waals surface area contributed by atoms with Gasteiger partial charge in [0.2, 0.25) is 5.91 Å². The zero-order valence-electron chi connectivity index (χ0n) is 12.8. The number of hydrogen-bond acceptors (Lipinski definition) is 4. The highest BCUT2D eigenvalue weighted by atomic mass is 16.5. The first kappa shape index (κ1) is 16.1. The normalized spacial score (nSPS) is 18.0. The second-order valence-corrected chi connectivity index (χ2v) is 5.08. The molecule has 6 nitrogen and oxygen atoms in total. The van der Waals surface area contributed by atoms with Crippen LogP contribution in [0.3, 0.4) is 0 Å². The number of carbonyl (C=O) groups is 2. The van der Waals surface area contributed by atoms with E-state index in [0.29, 0.717) is 31.1 Å². The molecule has 0 aliphatic carbocycles. The minimum absolute atomic E-state index is 0.124. The van der Waals surface area contributed by atoms with E-state index >= 15 is 0 Å². The molecule has 2 N–H and O–H groups in total. The largest absolute Gasteiger partial charge is 0.490 e. The van der Waals surface area contributed by atoms with Gasteiger partial charge < -0.3 is 20.1 Å². The van der Waals surface area contributed by atoms with Crippen LogP contribution in [-0.4, -0.2) is 37.6 Å². The monoisotopic (exact) mass is 306 g/mol. The van der Waals surface area contributed by atoms with E-state index in [-0.39, 0.29) is 18.4 Å². The zero-order valence-corrected chi connectivity index (χ0v) is 12.8. The van der Waals surface area contributed by atoms with Gasteiger partial charge >= 0.3 is 0 Å². The SMILES string of the molecule is CCOc1ccccc1OCC(=O)N[C@@H]1CCCCNC1=O. The number of benzene rings is 1. The molecule has 0 radical (unpaired) electrons. The maximum Gasteiger partial charge on any atom is 0.258 e. The molecule has 6 heteroatoms. The maximum absolute atomic E-state index is 12.0. The Morgan fingerprint density at radius 3 is 2.73 bits per heavy atom. The summed E-state index contributed by atoms with van der Waals surface area (Å²) in [5.74, 6) is 0.684. The number of hydrogen-bond donors (Lipinski definition) is 2. The third kappa shape index (κ3) is 4.65. The van der Waals surface area contributed by atoms with E-state index in [2.05, 4.69) is 10.6 Å². The number of ether oxygens (including phenoxy) is 2. The van der Waals surface area contributed by atoms with E-state index in [1.54, 1.807) is 12.1 Å². The average molecular weight is 306 g/mol. The molecule has 0 spiro atoms. The molecule has 0 unspecified atom stereocenters. The summed E-state index contributed by atoms with van der Waals surface area (Å²) in [5.41, 5.74) is 0. The van der Waals surface area contributed by atoms with Crippen LogP contribution in [-0.2, 0) is 9.59 Å². The van der Waals surface area contributed by atoms with E-state index in [1.807, 2.05) is 19.1 Å². The number of carbonyl (C=O) groups excluding carboxylic acids is 2. The van der Waals surface area contributed by atoms with Gasteiger partial charge in [-0.15, -0.1) is 0 Å². The summed E-state index contributed by atoms with van der Waals surface area (Å²) in [4.78, 5) is 23.7. The number of rotatable bonds is 6. The van der Waals surface area contributed by atoms with Crippen molar-refractivity contribution in [3.8, 4) is 11.5 Å². The minimum atomic E-state index is -0.472. The lowest BCUT2D eigenvalue weighted by Crippen LogP contribution is -2.46. The van der Waals surface area contributed by atoms with Crippen LogP contribution in [0.2, 0.25) is 0 Å². The van der Waals surface area contributed by atoms with Crippen molar-refractivity contribution in [2.24, 2.45) is 0 Å². The lowest BCUT2D eigenvalue weighted by molar-refractivity contribution is -0.129. The molecule has 0 aromatic heterocycles. The van der Waals surface area contributed by atoms with Crippen LogP contribution in [0.1, 0.15) is 26.2 Å². The van der Waals surface area contributed by atoms with Gasteiger partial charge in [0.15, 0.2) is 18.1 Å². The first-order valence-corrected chi connectivity index (χ1v) is 7.62. The van der Waals surface area contributed by atoms with Crippen LogP contribution in [0, 0.1) is 0 Å². The van der Waals surface area contributed by atoms with E-state index in [0.717, 1.165) is 12.8 Å². The summed E-state index contributed by atoms with van der Waals surface area (Å²) >= 11 is 0. The predicted molar refractivity (Wildman–Crippen MR) is 81.9 cm³/mol. The summed E-state index contributed by atoms with van der Waals surface area (Å²) in [5, 5.41) is 5.50. The fourth-order valence-electron chi connectivity index (χ4n) is 2.30. The lowest BCUT2D eigenvalue weighted by Gasteiger charge is -2.16. The highest BCUT2D eigenvalue weighted by Crippen LogP contribution is 2.26. The van der Waals surface area contributed by atoms with Crippen molar-refractivity contribution in [3.05, 3.63) is 24.3 Å². The molecule has 1 aromatic carbocycles. The number of para-hydroxylation sites is 2. The first-order chi connectivity index (χ1) is 10.7. The summed E-state index contributed by atoms with van der Waals surface area (Å²) in [7, 11) is 0. The van der Waals surface area contributed by atoms with Crippen molar-refractivity contribution in [1.82, 2.24) is 10.6 Å². The molecule has 120 valence electrons. The molecule has 1 heterocycles. The first-order valence-electron chi connectivity index (χ1n) is 7.62. The van der Waals surface area contributed by atoms with Crippen LogP contribution in [0.25, 0.3) is 0 Å². The van der Waals surface area contributed by atoms with Gasteiger partial charge in [0.25, 0.3) is 5.91 Å². The van der Waals surface area contributed by atoms with Gasteiger partial charge in [-0.25, -0.2) is 0 Å². The Morgan fingerprint density at radius 1 is 1.27 bits per heavy atom. The van der Waals surface area contributed by atoms with Gasteiger partial charge in [0.05, 0.1) is 6.61 Å². The van der Waals surface area contributed by atoms with Crippen LogP contribution in [0.15, 0.2) is 24.3 Å². The van der Waals surface area contributed by atoms with Crippen LogP contribution in [0.5, 0.6) is 11.5 Å². The predicted octanol–water partition coefficient (Wildman–Crippen LogP) is 1.25. The Morgan fingerprint density at radius 2 is 2.00 bits per heavy atom. The Hall–Kier alpha value is -2.24. The average Bonchev–Trinajstić information content (AvgIpc) is 2.72. The van der Waals surface area contributed by atoms with E-state index in [1.165, 1.54) is 0 Å². The zero-order chi connectivity index (χ0) is 15.8. The standard InChI is InChI=1S/C16H22N2O4/c1-2-21-13-8-3-4-9-14(13)22-11-15(19)18-12-7-5-6-10-17-16(12)20/h3-4,8-9,12H,2,5-7,10-11H2,1H3,(H,17,20)(H,18,19)/t12-/m1/s1. The molecule has 1 aliphatic rings. The molecular weight excluding hydrogens is 284 g/mol. The molecule has 1 atom stereocenters. The van der Waals surface area contributed by atoms with E-state index in [9.17, 15) is 9.59 Å². The molecule has 2 amide bonds. The summed E-state index contributed by atoms with van der Waals surface area (Å²) in [6.07, 6.45) is 2.52. The fourth-order valence-corrected chi connectivity index (χ4v) is 2.30. The highest BCUT2D eigenvalue weighted by Gasteiger charge is 2.22.